The lowest BCUT2D eigenvalue weighted by Gasteiger charge is -2.46. The fourth-order valence-electron chi connectivity index (χ4n) is 2.98. The van der Waals surface area contributed by atoms with Crippen LogP contribution >= 0.6 is 0 Å². The Kier molecular flexibility index (Phi) is 5.37. The second kappa shape index (κ2) is 7.05. The minimum atomic E-state index is -0.474. The highest BCUT2D eigenvalue weighted by atomic mass is 16.3. The molecular weight excluding hydrogens is 264 g/mol. The minimum absolute atomic E-state index is 0.0601. The first kappa shape index (κ1) is 16.0. The van der Waals surface area contributed by atoms with Crippen LogP contribution in [0.5, 0.6) is 0 Å². The van der Waals surface area contributed by atoms with Crippen molar-refractivity contribution < 1.29 is 9.90 Å². The molecule has 116 valence electrons. The van der Waals surface area contributed by atoms with Gasteiger partial charge in [0.05, 0.1) is 5.60 Å². The van der Waals surface area contributed by atoms with Crippen molar-refractivity contribution in [3.8, 4) is 0 Å². The number of hydrogen-bond acceptors (Lipinski definition) is 3. The Hall–Kier alpha value is -1.39. The lowest BCUT2D eigenvalue weighted by atomic mass is 9.89. The molecule has 0 aromatic heterocycles. The topological polar surface area (TPSA) is 52.6 Å². The Morgan fingerprint density at radius 3 is 2.86 bits per heavy atom. The zero-order valence-corrected chi connectivity index (χ0v) is 13.1. The molecule has 0 bridgehead atoms. The number of rotatable bonds is 7. The van der Waals surface area contributed by atoms with Gasteiger partial charge in [-0.25, -0.2) is 0 Å². The van der Waals surface area contributed by atoms with Crippen molar-refractivity contribution in [3.63, 3.8) is 0 Å². The highest BCUT2D eigenvalue weighted by molar-refractivity contribution is 5.90. The summed E-state index contributed by atoms with van der Waals surface area (Å²) in [7, 11) is 0. The summed E-state index contributed by atoms with van der Waals surface area (Å²) in [5, 5.41) is 13.0. The van der Waals surface area contributed by atoms with E-state index in [4.69, 9.17) is 0 Å². The van der Waals surface area contributed by atoms with Crippen molar-refractivity contribution in [2.75, 3.05) is 25.0 Å². The summed E-state index contributed by atoms with van der Waals surface area (Å²) in [4.78, 5) is 14.1. The Morgan fingerprint density at radius 2 is 2.19 bits per heavy atom. The SMILES string of the molecule is CCCC1(O)CN(CCCC(=O)Nc2cccc(C)c2)C1. The van der Waals surface area contributed by atoms with Gasteiger partial charge in [0.2, 0.25) is 5.91 Å². The van der Waals surface area contributed by atoms with Crippen LogP contribution < -0.4 is 5.32 Å². The number of amides is 1. The highest BCUT2D eigenvalue weighted by Crippen LogP contribution is 2.25. The summed E-state index contributed by atoms with van der Waals surface area (Å²) >= 11 is 0. The highest BCUT2D eigenvalue weighted by Gasteiger charge is 2.39. The zero-order chi connectivity index (χ0) is 15.3. The van der Waals surface area contributed by atoms with Crippen molar-refractivity contribution in [1.82, 2.24) is 4.90 Å². The molecule has 1 heterocycles. The Bertz CT molecular complexity index is 481. The van der Waals surface area contributed by atoms with Gasteiger partial charge in [-0.3, -0.25) is 9.69 Å². The van der Waals surface area contributed by atoms with E-state index in [1.807, 2.05) is 31.2 Å². The molecule has 0 saturated carbocycles. The van der Waals surface area contributed by atoms with Crippen LogP contribution in [-0.2, 0) is 4.79 Å². The summed E-state index contributed by atoms with van der Waals surface area (Å²) in [6, 6.07) is 7.83. The smallest absolute Gasteiger partial charge is 0.224 e. The molecule has 1 saturated heterocycles. The van der Waals surface area contributed by atoms with Crippen molar-refractivity contribution in [2.45, 2.75) is 45.1 Å². The number of hydrogen-bond donors (Lipinski definition) is 2. The quantitative estimate of drug-likeness (QED) is 0.811. The average Bonchev–Trinajstić information content (AvgIpc) is 2.37. The molecular formula is C17H26N2O2. The number of carbonyl (C=O) groups is 1. The van der Waals surface area contributed by atoms with Crippen LogP contribution in [0, 0.1) is 6.92 Å². The molecule has 2 rings (SSSR count). The first-order valence-electron chi connectivity index (χ1n) is 7.82. The normalized spacial score (nSPS) is 17.3. The summed E-state index contributed by atoms with van der Waals surface area (Å²) in [5.74, 6) is 0.0601. The number of anilines is 1. The Morgan fingerprint density at radius 1 is 1.43 bits per heavy atom. The molecule has 1 aliphatic heterocycles. The van der Waals surface area contributed by atoms with Gasteiger partial charge in [-0.15, -0.1) is 0 Å². The fraction of sp³-hybridized carbons (Fsp3) is 0.588. The molecule has 2 N–H and O–H groups in total. The van der Waals surface area contributed by atoms with Crippen LogP contribution in [0.15, 0.2) is 24.3 Å². The largest absolute Gasteiger partial charge is 0.387 e. The van der Waals surface area contributed by atoms with Crippen LogP contribution in [0.25, 0.3) is 0 Å². The summed E-state index contributed by atoms with van der Waals surface area (Å²) < 4.78 is 0. The van der Waals surface area contributed by atoms with Crippen molar-refractivity contribution in [2.24, 2.45) is 0 Å². The van der Waals surface area contributed by atoms with Gasteiger partial charge in [0, 0.05) is 25.2 Å². The summed E-state index contributed by atoms with van der Waals surface area (Å²) in [6.07, 6.45) is 3.25. The lowest BCUT2D eigenvalue weighted by Crippen LogP contribution is -2.61. The molecule has 4 nitrogen and oxygen atoms in total. The van der Waals surface area contributed by atoms with E-state index in [-0.39, 0.29) is 5.91 Å². The molecule has 0 aliphatic carbocycles. The van der Waals surface area contributed by atoms with E-state index < -0.39 is 5.60 Å². The minimum Gasteiger partial charge on any atom is -0.387 e. The molecule has 21 heavy (non-hydrogen) atoms. The summed E-state index contributed by atoms with van der Waals surface area (Å²) in [5.41, 5.74) is 1.53. The molecule has 1 aromatic carbocycles. The average molecular weight is 290 g/mol. The van der Waals surface area contributed by atoms with Gasteiger partial charge in [-0.05, 0) is 44.0 Å². The van der Waals surface area contributed by atoms with Gasteiger partial charge in [0.1, 0.15) is 0 Å². The van der Waals surface area contributed by atoms with Crippen LogP contribution in [0.1, 0.15) is 38.2 Å². The number of nitrogens with one attached hydrogen (secondary N) is 1. The van der Waals surface area contributed by atoms with Crippen LogP contribution in [0.2, 0.25) is 0 Å². The van der Waals surface area contributed by atoms with E-state index in [9.17, 15) is 9.90 Å². The molecule has 1 aromatic rings. The molecule has 1 amide bonds. The monoisotopic (exact) mass is 290 g/mol. The third kappa shape index (κ3) is 4.83. The number of nitrogens with zero attached hydrogens (tertiary/aromatic N) is 1. The van der Waals surface area contributed by atoms with E-state index >= 15 is 0 Å². The number of aliphatic hydroxyl groups is 1. The standard InChI is InChI=1S/C17H26N2O2/c1-3-9-17(21)12-19(13-17)10-5-8-16(20)18-15-7-4-6-14(2)11-15/h4,6-7,11,21H,3,5,8-10,12-13H2,1-2H3,(H,18,20). The predicted molar refractivity (Wildman–Crippen MR) is 85.3 cm³/mol. The van der Waals surface area contributed by atoms with E-state index in [1.165, 1.54) is 0 Å². The third-order valence-corrected chi connectivity index (χ3v) is 3.93. The number of carbonyl (C=O) groups excluding carboxylic acids is 1. The molecule has 0 radical (unpaired) electrons. The summed E-state index contributed by atoms with van der Waals surface area (Å²) in [6.45, 7) is 6.49. The van der Waals surface area contributed by atoms with E-state index in [0.29, 0.717) is 6.42 Å². The Labute approximate surface area is 127 Å². The van der Waals surface area contributed by atoms with Gasteiger partial charge in [-0.2, -0.15) is 0 Å². The van der Waals surface area contributed by atoms with Gasteiger partial charge in [-0.1, -0.05) is 25.5 Å². The van der Waals surface area contributed by atoms with Gasteiger partial charge >= 0.3 is 0 Å². The number of aryl methyl sites for hydroxylation is 1. The van der Waals surface area contributed by atoms with Gasteiger partial charge < -0.3 is 10.4 Å². The number of benzene rings is 1. The maximum atomic E-state index is 11.9. The molecule has 0 spiro atoms. The van der Waals surface area contributed by atoms with E-state index in [0.717, 1.165) is 50.1 Å². The lowest BCUT2D eigenvalue weighted by molar-refractivity contribution is -0.117. The molecule has 1 aliphatic rings. The molecule has 0 atom stereocenters. The maximum Gasteiger partial charge on any atom is 0.224 e. The second-order valence-corrected chi connectivity index (χ2v) is 6.21. The maximum absolute atomic E-state index is 11.9. The van der Waals surface area contributed by atoms with Crippen LogP contribution in [0.4, 0.5) is 5.69 Å². The first-order chi connectivity index (χ1) is 10.0. The number of likely N-dealkylation sites (tertiary alicyclic amines) is 1. The molecule has 4 heteroatoms. The first-order valence-corrected chi connectivity index (χ1v) is 7.82. The van der Waals surface area contributed by atoms with Crippen LogP contribution in [0.3, 0.4) is 0 Å². The second-order valence-electron chi connectivity index (χ2n) is 6.21. The van der Waals surface area contributed by atoms with Gasteiger partial charge in [0.15, 0.2) is 0 Å². The van der Waals surface area contributed by atoms with E-state index in [1.54, 1.807) is 0 Å². The Balaban J connectivity index is 1.62. The number of β-amino-alcohol motifs (C(OH)–C–C–N with tert-alkyl or cyclic N) is 1. The third-order valence-electron chi connectivity index (χ3n) is 3.93. The van der Waals surface area contributed by atoms with Gasteiger partial charge in [0.25, 0.3) is 0 Å². The van der Waals surface area contributed by atoms with Crippen LogP contribution in [-0.4, -0.2) is 41.1 Å². The molecule has 0 unspecified atom stereocenters. The fourth-order valence-corrected chi connectivity index (χ4v) is 2.98. The van der Waals surface area contributed by atoms with E-state index in [2.05, 4.69) is 17.1 Å². The predicted octanol–water partition coefficient (Wildman–Crippen LogP) is 2.56. The van der Waals surface area contributed by atoms with Crippen molar-refractivity contribution in [3.05, 3.63) is 29.8 Å². The van der Waals surface area contributed by atoms with Crippen molar-refractivity contribution in [1.29, 1.82) is 0 Å². The molecule has 1 fully saturated rings. The zero-order valence-electron chi connectivity index (χ0n) is 13.1. The van der Waals surface area contributed by atoms with Crippen molar-refractivity contribution >= 4 is 11.6 Å².